The number of fused-ring (bicyclic) bond motifs is 8. The maximum absolute atomic E-state index is 4.97. The number of hydrogen-bond donors (Lipinski definition) is 0. The van der Waals surface area contributed by atoms with E-state index in [1.807, 2.05) is 6.20 Å². The van der Waals surface area contributed by atoms with Gasteiger partial charge in [0.05, 0.1) is 16.6 Å². The van der Waals surface area contributed by atoms with Gasteiger partial charge in [-0.25, -0.2) is 0 Å². The number of para-hydroxylation sites is 2. The molecule has 1 aliphatic carbocycles. The molecule has 0 saturated heterocycles. The zero-order valence-corrected chi connectivity index (χ0v) is 24.4. The van der Waals surface area contributed by atoms with E-state index in [1.54, 1.807) is 0 Å². The van der Waals surface area contributed by atoms with Gasteiger partial charge in [0, 0.05) is 33.6 Å². The van der Waals surface area contributed by atoms with Crippen LogP contribution in [0, 0.1) is 0 Å². The molecule has 2 heterocycles. The molecule has 0 amide bonds. The van der Waals surface area contributed by atoms with Crippen LogP contribution in [-0.4, -0.2) is 9.55 Å². The van der Waals surface area contributed by atoms with Crippen molar-refractivity contribution in [3.05, 3.63) is 158 Å². The number of pyridine rings is 1. The zero-order chi connectivity index (χ0) is 29.5. The molecule has 0 fully saturated rings. The first-order chi connectivity index (χ1) is 22.3. The summed E-state index contributed by atoms with van der Waals surface area (Å²) in [7, 11) is 0. The molecule has 0 saturated carbocycles. The molecule has 7 aromatic carbocycles. The van der Waals surface area contributed by atoms with Crippen molar-refractivity contribution < 1.29 is 0 Å². The zero-order valence-electron chi connectivity index (χ0n) is 24.4. The molecule has 0 N–H and O–H groups in total. The van der Waals surface area contributed by atoms with Crippen molar-refractivity contribution in [2.75, 3.05) is 0 Å². The van der Waals surface area contributed by atoms with Crippen LogP contribution in [0.2, 0.25) is 0 Å². The molecular weight excluding hydrogens is 544 g/mol. The van der Waals surface area contributed by atoms with Crippen LogP contribution >= 0.6 is 0 Å². The van der Waals surface area contributed by atoms with Crippen molar-refractivity contribution in [1.82, 2.24) is 9.55 Å². The molecular formula is C43H26N2. The Hall–Kier alpha value is -5.99. The Labute approximate surface area is 260 Å². The summed E-state index contributed by atoms with van der Waals surface area (Å²) >= 11 is 0. The van der Waals surface area contributed by atoms with E-state index in [-0.39, 0.29) is 0 Å². The van der Waals surface area contributed by atoms with Crippen LogP contribution < -0.4 is 0 Å². The second-order valence-electron chi connectivity index (χ2n) is 11.9. The molecule has 0 radical (unpaired) electrons. The first kappa shape index (κ1) is 24.5. The van der Waals surface area contributed by atoms with E-state index in [9.17, 15) is 0 Å². The van der Waals surface area contributed by atoms with Crippen LogP contribution in [0.15, 0.2) is 158 Å². The molecule has 0 unspecified atom stereocenters. The third-order valence-electron chi connectivity index (χ3n) is 9.59. The molecule has 208 valence electrons. The Morgan fingerprint density at radius 3 is 1.84 bits per heavy atom. The van der Waals surface area contributed by atoms with Crippen LogP contribution in [0.3, 0.4) is 0 Å². The lowest BCUT2D eigenvalue weighted by molar-refractivity contribution is 1.19. The van der Waals surface area contributed by atoms with Crippen LogP contribution in [0.1, 0.15) is 0 Å². The van der Waals surface area contributed by atoms with E-state index in [4.69, 9.17) is 4.98 Å². The molecule has 2 aromatic heterocycles. The Kier molecular flexibility index (Phi) is 5.03. The van der Waals surface area contributed by atoms with E-state index >= 15 is 0 Å². The summed E-state index contributed by atoms with van der Waals surface area (Å²) < 4.78 is 2.38. The molecule has 0 bridgehead atoms. The number of hydrogen-bond acceptors (Lipinski definition) is 1. The van der Waals surface area contributed by atoms with Gasteiger partial charge in [-0.15, -0.1) is 0 Å². The van der Waals surface area contributed by atoms with Gasteiger partial charge in [0.15, 0.2) is 0 Å². The second kappa shape index (κ2) is 9.25. The summed E-state index contributed by atoms with van der Waals surface area (Å²) in [5, 5.41) is 6.29. The molecule has 0 spiro atoms. The molecule has 2 nitrogen and oxygen atoms in total. The highest BCUT2D eigenvalue weighted by Crippen LogP contribution is 2.49. The second-order valence-corrected chi connectivity index (χ2v) is 11.9. The van der Waals surface area contributed by atoms with Crippen LogP contribution in [0.25, 0.3) is 93.7 Å². The lowest BCUT2D eigenvalue weighted by atomic mass is 9.92. The third-order valence-corrected chi connectivity index (χ3v) is 9.59. The number of aromatic nitrogens is 2. The summed E-state index contributed by atoms with van der Waals surface area (Å²) in [6, 6.07) is 55.1. The fourth-order valence-corrected chi connectivity index (χ4v) is 7.66. The lowest BCUT2D eigenvalue weighted by Crippen LogP contribution is -1.95. The summed E-state index contributed by atoms with van der Waals surface area (Å²) in [4.78, 5) is 4.97. The van der Waals surface area contributed by atoms with Crippen molar-refractivity contribution >= 4 is 43.5 Å². The minimum Gasteiger partial charge on any atom is -0.309 e. The normalized spacial score (nSPS) is 12.0. The summed E-state index contributed by atoms with van der Waals surface area (Å²) in [6.45, 7) is 0. The fraction of sp³-hybridized carbons (Fsp3) is 0. The molecule has 45 heavy (non-hydrogen) atoms. The Morgan fingerprint density at radius 1 is 0.400 bits per heavy atom. The standard InChI is InChI=1S/C43H26N2/c1-2-10-29(11-3-1)45-40-18-7-6-14-33(40)39-26-38(42-37(43(39)45)17-9-25-44-42)28-21-19-27(20-22-28)30-23-24-36-32-13-5-4-12-31(32)35-16-8-15-34(30)41(35)36/h1-26H. The molecule has 2 heteroatoms. The highest BCUT2D eigenvalue weighted by molar-refractivity contribution is 6.22. The Bertz CT molecular complexity index is 2600. The predicted molar refractivity (Wildman–Crippen MR) is 189 cm³/mol. The maximum atomic E-state index is 4.97. The van der Waals surface area contributed by atoms with E-state index in [0.29, 0.717) is 0 Å². The highest BCUT2D eigenvalue weighted by atomic mass is 15.0. The average Bonchev–Trinajstić information content (AvgIpc) is 3.63. The lowest BCUT2D eigenvalue weighted by Gasteiger charge is -2.13. The topological polar surface area (TPSA) is 17.8 Å². The minimum atomic E-state index is 1.01. The summed E-state index contributed by atoms with van der Waals surface area (Å²) in [5.41, 5.74) is 14.7. The van der Waals surface area contributed by atoms with Crippen LogP contribution in [0.5, 0.6) is 0 Å². The van der Waals surface area contributed by atoms with Gasteiger partial charge in [0.1, 0.15) is 0 Å². The van der Waals surface area contributed by atoms with Gasteiger partial charge >= 0.3 is 0 Å². The molecule has 10 rings (SSSR count). The predicted octanol–water partition coefficient (Wildman–Crippen LogP) is 11.5. The van der Waals surface area contributed by atoms with Gasteiger partial charge in [-0.1, -0.05) is 115 Å². The third kappa shape index (κ3) is 3.42. The molecule has 1 aliphatic rings. The smallest absolute Gasteiger partial charge is 0.0801 e. The SMILES string of the molecule is c1ccc(-n2c3ccccc3c3cc(-c4ccc(-c5ccc6c7c(cccc57)-c5ccccc5-6)cc4)c4ncccc4c32)cc1. The van der Waals surface area contributed by atoms with Gasteiger partial charge in [0.2, 0.25) is 0 Å². The van der Waals surface area contributed by atoms with Gasteiger partial charge in [0.25, 0.3) is 0 Å². The maximum Gasteiger partial charge on any atom is 0.0801 e. The minimum absolute atomic E-state index is 1.01. The number of benzene rings is 7. The van der Waals surface area contributed by atoms with Crippen LogP contribution in [-0.2, 0) is 0 Å². The Morgan fingerprint density at radius 2 is 1.02 bits per heavy atom. The summed E-state index contributed by atoms with van der Waals surface area (Å²) in [6.07, 6.45) is 1.91. The number of rotatable bonds is 3. The van der Waals surface area contributed by atoms with E-state index in [1.165, 1.54) is 71.5 Å². The van der Waals surface area contributed by atoms with Gasteiger partial charge in [-0.05, 0) is 86.1 Å². The van der Waals surface area contributed by atoms with Gasteiger partial charge < -0.3 is 4.57 Å². The van der Waals surface area contributed by atoms with Gasteiger partial charge in [-0.3, -0.25) is 4.98 Å². The summed E-state index contributed by atoms with van der Waals surface area (Å²) in [5.74, 6) is 0. The van der Waals surface area contributed by atoms with Crippen LogP contribution in [0.4, 0.5) is 0 Å². The van der Waals surface area contributed by atoms with E-state index < -0.39 is 0 Å². The first-order valence-electron chi connectivity index (χ1n) is 15.5. The highest BCUT2D eigenvalue weighted by Gasteiger charge is 2.22. The van der Waals surface area contributed by atoms with Crippen molar-refractivity contribution in [3.8, 4) is 50.2 Å². The van der Waals surface area contributed by atoms with Crippen molar-refractivity contribution in [2.45, 2.75) is 0 Å². The molecule has 9 aromatic rings. The first-order valence-corrected chi connectivity index (χ1v) is 15.5. The average molecular weight is 571 g/mol. The largest absolute Gasteiger partial charge is 0.309 e. The molecule has 0 aliphatic heterocycles. The fourth-order valence-electron chi connectivity index (χ4n) is 7.66. The van der Waals surface area contributed by atoms with E-state index in [0.717, 1.165) is 22.2 Å². The van der Waals surface area contributed by atoms with Crippen molar-refractivity contribution in [2.24, 2.45) is 0 Å². The van der Waals surface area contributed by atoms with Gasteiger partial charge in [-0.2, -0.15) is 0 Å². The number of nitrogens with zero attached hydrogens (tertiary/aromatic N) is 2. The molecule has 0 atom stereocenters. The van der Waals surface area contributed by atoms with Crippen molar-refractivity contribution in [1.29, 1.82) is 0 Å². The quantitative estimate of drug-likeness (QED) is 0.207. The Balaban J connectivity index is 1.17. The monoisotopic (exact) mass is 570 g/mol. The van der Waals surface area contributed by atoms with Crippen molar-refractivity contribution in [3.63, 3.8) is 0 Å². The van der Waals surface area contributed by atoms with E-state index in [2.05, 4.69) is 156 Å².